The number of hydrogen-bond acceptors (Lipinski definition) is 3. The van der Waals surface area contributed by atoms with E-state index in [0.717, 1.165) is 35.5 Å². The molecule has 1 N–H and O–H groups in total. The molecule has 0 saturated heterocycles. The van der Waals surface area contributed by atoms with Gasteiger partial charge in [-0.2, -0.15) is 5.10 Å². The van der Waals surface area contributed by atoms with Gasteiger partial charge in [-0.05, 0) is 46.5 Å². The average molecular weight is 362 g/mol. The highest BCUT2D eigenvalue weighted by atomic mass is 79.9. The number of nitrogens with zero attached hydrogens (tertiary/aromatic N) is 2. The van der Waals surface area contributed by atoms with E-state index >= 15 is 0 Å². The molecule has 4 nitrogen and oxygen atoms in total. The van der Waals surface area contributed by atoms with Crippen LogP contribution in [-0.2, 0) is 4.79 Å². The van der Waals surface area contributed by atoms with Crippen LogP contribution in [0, 0.1) is 5.82 Å². The van der Waals surface area contributed by atoms with E-state index in [1.165, 1.54) is 6.07 Å². The van der Waals surface area contributed by atoms with Gasteiger partial charge in [-0.3, -0.25) is 4.79 Å². The molecule has 0 spiro atoms. The molecule has 22 heavy (non-hydrogen) atoms. The molecule has 0 amide bonds. The quantitative estimate of drug-likeness (QED) is 0.839. The van der Waals surface area contributed by atoms with Crippen molar-refractivity contribution < 1.29 is 9.18 Å². The summed E-state index contributed by atoms with van der Waals surface area (Å²) in [6.07, 6.45) is 3.97. The first-order valence-corrected chi connectivity index (χ1v) is 7.96. The molecule has 0 fully saturated rings. The van der Waals surface area contributed by atoms with Gasteiger partial charge in [-0.25, -0.2) is 9.07 Å². The average Bonchev–Trinajstić information content (AvgIpc) is 2.96. The predicted octanol–water partition coefficient (Wildman–Crippen LogP) is 3.81. The maximum Gasteiger partial charge on any atom is 0.163 e. The second-order valence-corrected chi connectivity index (χ2v) is 6.39. The van der Waals surface area contributed by atoms with Crippen LogP contribution in [0.1, 0.15) is 30.9 Å². The molecule has 1 aliphatic carbocycles. The minimum absolute atomic E-state index is 0.139. The SMILES string of the molecule is O=C1CCCC2=C1C(c1ccc(F)c(Br)c1)n1nccc1N2. The van der Waals surface area contributed by atoms with Crippen molar-refractivity contribution in [3.05, 3.63) is 57.6 Å². The maximum atomic E-state index is 13.6. The fourth-order valence-electron chi connectivity index (χ4n) is 3.20. The fraction of sp³-hybridized carbons (Fsp3) is 0.250. The zero-order valence-corrected chi connectivity index (χ0v) is 13.2. The lowest BCUT2D eigenvalue weighted by Gasteiger charge is -2.33. The smallest absolute Gasteiger partial charge is 0.163 e. The van der Waals surface area contributed by atoms with Gasteiger partial charge in [-0.1, -0.05) is 6.07 Å². The van der Waals surface area contributed by atoms with E-state index < -0.39 is 0 Å². The second-order valence-electron chi connectivity index (χ2n) is 5.53. The second kappa shape index (κ2) is 5.05. The molecule has 1 aromatic heterocycles. The van der Waals surface area contributed by atoms with Gasteiger partial charge in [-0.15, -0.1) is 0 Å². The Bertz CT molecular complexity index is 811. The summed E-state index contributed by atoms with van der Waals surface area (Å²) in [6.45, 7) is 0. The molecule has 6 heteroatoms. The number of anilines is 1. The number of fused-ring (bicyclic) bond motifs is 1. The molecule has 4 rings (SSSR count). The highest BCUT2D eigenvalue weighted by Crippen LogP contribution is 2.40. The van der Waals surface area contributed by atoms with Gasteiger partial charge in [0.1, 0.15) is 17.7 Å². The normalized spacial score (nSPS) is 20.5. The molecule has 1 aromatic carbocycles. The summed E-state index contributed by atoms with van der Waals surface area (Å²) >= 11 is 3.23. The first kappa shape index (κ1) is 13.7. The lowest BCUT2D eigenvalue weighted by atomic mass is 9.85. The van der Waals surface area contributed by atoms with Crippen LogP contribution in [-0.4, -0.2) is 15.6 Å². The molecule has 2 aromatic rings. The fourth-order valence-corrected chi connectivity index (χ4v) is 3.59. The molecule has 112 valence electrons. The van der Waals surface area contributed by atoms with Crippen LogP contribution in [0.2, 0.25) is 0 Å². The third-order valence-electron chi connectivity index (χ3n) is 4.18. The standard InChI is InChI=1S/C16H13BrFN3O/c17-10-8-9(4-5-11(10)18)16-15-12(2-1-3-13(15)22)20-14-6-7-19-21(14)16/h4-8,16,20H,1-3H2. The number of Topliss-reactive ketones (excluding diaryl/α,β-unsaturated/α-hetero) is 1. The van der Waals surface area contributed by atoms with Crippen molar-refractivity contribution in [2.45, 2.75) is 25.3 Å². The summed E-state index contributed by atoms with van der Waals surface area (Å²) in [6, 6.07) is 6.44. The number of carbonyl (C=O) groups excluding carboxylic acids is 1. The van der Waals surface area contributed by atoms with Crippen molar-refractivity contribution in [3.8, 4) is 0 Å². The van der Waals surface area contributed by atoms with E-state index in [9.17, 15) is 9.18 Å². The monoisotopic (exact) mass is 361 g/mol. The number of nitrogens with one attached hydrogen (secondary N) is 1. The van der Waals surface area contributed by atoms with Crippen molar-refractivity contribution >= 4 is 27.5 Å². The maximum absolute atomic E-state index is 13.6. The van der Waals surface area contributed by atoms with Gasteiger partial charge in [0.25, 0.3) is 0 Å². The van der Waals surface area contributed by atoms with Crippen LogP contribution in [0.3, 0.4) is 0 Å². The Kier molecular flexibility index (Phi) is 3.14. The Balaban J connectivity index is 1.92. The van der Waals surface area contributed by atoms with E-state index in [2.05, 4.69) is 26.3 Å². The number of carbonyl (C=O) groups is 1. The summed E-state index contributed by atoms with van der Waals surface area (Å²) in [7, 11) is 0. The number of ketones is 1. The molecular weight excluding hydrogens is 349 g/mol. The Morgan fingerprint density at radius 1 is 1.32 bits per heavy atom. The van der Waals surface area contributed by atoms with Gasteiger partial charge >= 0.3 is 0 Å². The molecule has 2 aliphatic rings. The third kappa shape index (κ3) is 2.01. The molecule has 1 aliphatic heterocycles. The number of halogens is 2. The summed E-state index contributed by atoms with van der Waals surface area (Å²) in [5.41, 5.74) is 2.57. The minimum Gasteiger partial charge on any atom is -0.343 e. The van der Waals surface area contributed by atoms with Crippen molar-refractivity contribution in [1.29, 1.82) is 0 Å². The number of aromatic nitrogens is 2. The van der Waals surface area contributed by atoms with Crippen LogP contribution in [0.15, 0.2) is 46.2 Å². The first-order valence-electron chi connectivity index (χ1n) is 7.17. The summed E-state index contributed by atoms with van der Waals surface area (Å²) < 4.78 is 15.7. The van der Waals surface area contributed by atoms with E-state index in [4.69, 9.17) is 0 Å². The van der Waals surface area contributed by atoms with Crippen LogP contribution < -0.4 is 5.32 Å². The van der Waals surface area contributed by atoms with E-state index in [-0.39, 0.29) is 17.6 Å². The highest BCUT2D eigenvalue weighted by molar-refractivity contribution is 9.10. The number of hydrogen-bond donors (Lipinski definition) is 1. The number of allylic oxidation sites excluding steroid dienone is 2. The Hall–Kier alpha value is -1.95. The molecule has 2 heterocycles. The molecule has 0 bridgehead atoms. The van der Waals surface area contributed by atoms with Crippen molar-refractivity contribution in [1.82, 2.24) is 9.78 Å². The predicted molar refractivity (Wildman–Crippen MR) is 84.0 cm³/mol. The van der Waals surface area contributed by atoms with Crippen molar-refractivity contribution in [3.63, 3.8) is 0 Å². The number of benzene rings is 1. The van der Waals surface area contributed by atoms with Gasteiger partial charge < -0.3 is 5.32 Å². The van der Waals surface area contributed by atoms with Crippen molar-refractivity contribution in [2.24, 2.45) is 0 Å². The third-order valence-corrected chi connectivity index (χ3v) is 4.79. The Morgan fingerprint density at radius 2 is 2.18 bits per heavy atom. The highest BCUT2D eigenvalue weighted by Gasteiger charge is 2.35. The van der Waals surface area contributed by atoms with E-state index in [1.807, 2.05) is 6.07 Å². The largest absolute Gasteiger partial charge is 0.343 e. The number of rotatable bonds is 1. The Morgan fingerprint density at radius 3 is 3.00 bits per heavy atom. The van der Waals surface area contributed by atoms with Gasteiger partial charge in [0.15, 0.2) is 5.78 Å². The van der Waals surface area contributed by atoms with Crippen LogP contribution in [0.5, 0.6) is 0 Å². The summed E-state index contributed by atoms with van der Waals surface area (Å²) in [5.74, 6) is 0.682. The van der Waals surface area contributed by atoms with E-state index in [0.29, 0.717) is 10.9 Å². The van der Waals surface area contributed by atoms with Gasteiger partial charge in [0.2, 0.25) is 0 Å². The lowest BCUT2D eigenvalue weighted by molar-refractivity contribution is -0.116. The molecule has 1 unspecified atom stereocenters. The van der Waals surface area contributed by atoms with Crippen LogP contribution >= 0.6 is 15.9 Å². The molecule has 1 atom stereocenters. The van der Waals surface area contributed by atoms with E-state index in [1.54, 1.807) is 23.0 Å². The van der Waals surface area contributed by atoms with Crippen LogP contribution in [0.4, 0.5) is 10.2 Å². The molecule has 0 saturated carbocycles. The Labute approximate surface area is 135 Å². The minimum atomic E-state index is -0.317. The molecule has 0 radical (unpaired) electrons. The molecular formula is C16H13BrFN3O. The summed E-state index contributed by atoms with van der Waals surface area (Å²) in [5, 5.41) is 7.66. The van der Waals surface area contributed by atoms with Crippen LogP contribution in [0.25, 0.3) is 0 Å². The van der Waals surface area contributed by atoms with Gasteiger partial charge in [0, 0.05) is 23.8 Å². The topological polar surface area (TPSA) is 46.9 Å². The first-order chi connectivity index (χ1) is 10.6. The zero-order valence-electron chi connectivity index (χ0n) is 11.6. The summed E-state index contributed by atoms with van der Waals surface area (Å²) in [4.78, 5) is 12.5. The van der Waals surface area contributed by atoms with Gasteiger partial charge in [0.05, 0.1) is 10.7 Å². The van der Waals surface area contributed by atoms with Crippen molar-refractivity contribution in [2.75, 3.05) is 5.32 Å². The lowest BCUT2D eigenvalue weighted by Crippen LogP contribution is -2.31. The zero-order chi connectivity index (χ0) is 15.3.